The second-order valence-corrected chi connectivity index (χ2v) is 8.55. The van der Waals surface area contributed by atoms with Crippen LogP contribution in [0.5, 0.6) is 17.2 Å². The molecule has 5 rings (SSSR count). The van der Waals surface area contributed by atoms with Gasteiger partial charge in [0.15, 0.2) is 5.76 Å². The number of aromatic hydroxyl groups is 1. The summed E-state index contributed by atoms with van der Waals surface area (Å²) in [6.07, 6.45) is 3.32. The molecule has 174 valence electrons. The van der Waals surface area contributed by atoms with E-state index in [1.54, 1.807) is 25.4 Å². The molecule has 0 bridgehead atoms. The number of phenols is 1. The van der Waals surface area contributed by atoms with Crippen LogP contribution in [-0.2, 0) is 6.54 Å². The molecule has 7 nitrogen and oxygen atoms in total. The number of ketones is 1. The molecule has 0 unspecified atom stereocenters. The van der Waals surface area contributed by atoms with Crippen LogP contribution in [0.2, 0.25) is 0 Å². The third kappa shape index (κ3) is 4.22. The quantitative estimate of drug-likeness (QED) is 0.580. The maximum absolute atomic E-state index is 13.1. The Morgan fingerprint density at radius 1 is 1.12 bits per heavy atom. The third-order valence-electron chi connectivity index (χ3n) is 6.38. The van der Waals surface area contributed by atoms with Gasteiger partial charge in [-0.25, -0.2) is 0 Å². The van der Waals surface area contributed by atoms with Crippen molar-refractivity contribution < 1.29 is 19.4 Å². The number of aryl methyl sites for hydroxylation is 1. The number of benzene rings is 2. The summed E-state index contributed by atoms with van der Waals surface area (Å²) < 4.78 is 11.3. The fourth-order valence-corrected chi connectivity index (χ4v) is 4.51. The maximum Gasteiger partial charge on any atom is 0.232 e. The number of methoxy groups -OCH3 is 1. The van der Waals surface area contributed by atoms with Gasteiger partial charge in [-0.2, -0.15) is 0 Å². The topological polar surface area (TPSA) is 75.1 Å². The molecule has 34 heavy (non-hydrogen) atoms. The number of ether oxygens (including phenoxy) is 2. The minimum atomic E-state index is -0.177. The lowest BCUT2D eigenvalue weighted by atomic mass is 9.99. The molecule has 2 aliphatic heterocycles. The van der Waals surface area contributed by atoms with Gasteiger partial charge < -0.3 is 19.5 Å². The van der Waals surface area contributed by atoms with Crippen molar-refractivity contribution >= 4 is 17.5 Å². The van der Waals surface area contributed by atoms with Gasteiger partial charge in [-0.1, -0.05) is 6.07 Å². The first-order valence-electron chi connectivity index (χ1n) is 11.4. The molecule has 0 aliphatic carbocycles. The molecular weight excluding hydrogens is 430 g/mol. The largest absolute Gasteiger partial charge is 0.507 e. The SMILES string of the molecule is COc1ccc(N2CCN(Cc3c(O)cc(C)c4c3O/C(=C\c3ccccn3)C4=O)CC2)cc1. The molecule has 7 heteroatoms. The smallest absolute Gasteiger partial charge is 0.232 e. The molecule has 2 aliphatic rings. The number of piperazine rings is 1. The van der Waals surface area contributed by atoms with Crippen molar-refractivity contribution in [2.45, 2.75) is 13.5 Å². The second kappa shape index (κ2) is 9.19. The van der Waals surface area contributed by atoms with E-state index in [0.29, 0.717) is 34.7 Å². The predicted molar refractivity (Wildman–Crippen MR) is 131 cm³/mol. The number of carbonyl (C=O) groups excluding carboxylic acids is 1. The molecule has 1 saturated heterocycles. The molecular formula is C27H27N3O4. The van der Waals surface area contributed by atoms with Gasteiger partial charge in [-0.15, -0.1) is 0 Å². The summed E-state index contributed by atoms with van der Waals surface area (Å²) >= 11 is 0. The minimum Gasteiger partial charge on any atom is -0.507 e. The molecule has 1 fully saturated rings. The van der Waals surface area contributed by atoms with Crippen molar-refractivity contribution in [1.82, 2.24) is 9.88 Å². The van der Waals surface area contributed by atoms with Crippen LogP contribution in [0.3, 0.4) is 0 Å². The average molecular weight is 458 g/mol. The van der Waals surface area contributed by atoms with E-state index in [1.807, 2.05) is 37.3 Å². The molecule has 0 spiro atoms. The van der Waals surface area contributed by atoms with Crippen LogP contribution >= 0.6 is 0 Å². The van der Waals surface area contributed by atoms with Crippen LogP contribution < -0.4 is 14.4 Å². The zero-order valence-electron chi connectivity index (χ0n) is 19.3. The van der Waals surface area contributed by atoms with E-state index in [0.717, 1.165) is 37.6 Å². The van der Waals surface area contributed by atoms with Crippen LogP contribution in [0.4, 0.5) is 5.69 Å². The lowest BCUT2D eigenvalue weighted by Gasteiger charge is -2.36. The fourth-order valence-electron chi connectivity index (χ4n) is 4.51. The molecule has 3 heterocycles. The number of allylic oxidation sites excluding steroid dienone is 1. The van der Waals surface area contributed by atoms with Gasteiger partial charge in [0, 0.05) is 50.7 Å². The number of nitrogens with zero attached hydrogens (tertiary/aromatic N) is 3. The molecule has 0 radical (unpaired) electrons. The van der Waals surface area contributed by atoms with Gasteiger partial charge in [-0.3, -0.25) is 14.7 Å². The summed E-state index contributed by atoms with van der Waals surface area (Å²) in [5.41, 5.74) is 3.69. The Bertz CT molecular complexity index is 1230. The number of hydrogen-bond donors (Lipinski definition) is 1. The highest BCUT2D eigenvalue weighted by Crippen LogP contribution is 2.42. The molecule has 0 atom stereocenters. The van der Waals surface area contributed by atoms with Crippen LogP contribution in [0.15, 0.2) is 60.5 Å². The predicted octanol–water partition coefficient (Wildman–Crippen LogP) is 4.04. The number of Topliss-reactive ketones (excluding diaryl/α,β-unsaturated/α-hetero) is 1. The molecule has 1 N–H and O–H groups in total. The van der Waals surface area contributed by atoms with E-state index >= 15 is 0 Å². The van der Waals surface area contributed by atoms with E-state index in [1.165, 1.54) is 0 Å². The zero-order chi connectivity index (χ0) is 23.7. The van der Waals surface area contributed by atoms with Gasteiger partial charge in [0.1, 0.15) is 17.2 Å². The van der Waals surface area contributed by atoms with Gasteiger partial charge in [0.05, 0.1) is 23.9 Å². The highest BCUT2D eigenvalue weighted by atomic mass is 16.5. The zero-order valence-corrected chi connectivity index (χ0v) is 19.3. The average Bonchev–Trinajstić information content (AvgIpc) is 3.19. The van der Waals surface area contributed by atoms with Crippen molar-refractivity contribution in [3.05, 3.63) is 82.9 Å². The molecule has 3 aromatic rings. The number of rotatable bonds is 5. The standard InChI is InChI=1S/C27H27N3O4/c1-18-15-23(31)22(27-25(18)26(32)24(34-27)16-19-5-3-4-10-28-19)17-29-11-13-30(14-12-29)20-6-8-21(33-2)9-7-20/h3-10,15-16,31H,11-14,17H2,1-2H3/b24-16-. The van der Waals surface area contributed by atoms with E-state index < -0.39 is 0 Å². The Labute approximate surface area is 198 Å². The summed E-state index contributed by atoms with van der Waals surface area (Å²) in [7, 11) is 1.67. The summed E-state index contributed by atoms with van der Waals surface area (Å²) in [5.74, 6) is 1.51. The molecule has 0 saturated carbocycles. The first kappa shape index (κ1) is 22.0. The number of phenolic OH excluding ortho intramolecular Hbond substituents is 1. The summed E-state index contributed by atoms with van der Waals surface area (Å²) in [4.78, 5) is 22.0. The summed E-state index contributed by atoms with van der Waals surface area (Å²) in [6, 6.07) is 15.2. The second-order valence-electron chi connectivity index (χ2n) is 8.55. The van der Waals surface area contributed by atoms with E-state index in [4.69, 9.17) is 9.47 Å². The van der Waals surface area contributed by atoms with Gasteiger partial charge in [0.25, 0.3) is 0 Å². The maximum atomic E-state index is 13.1. The fraction of sp³-hybridized carbons (Fsp3) is 0.259. The van der Waals surface area contributed by atoms with Gasteiger partial charge in [0.2, 0.25) is 5.78 Å². The van der Waals surface area contributed by atoms with Crippen LogP contribution in [0, 0.1) is 6.92 Å². The van der Waals surface area contributed by atoms with E-state index in [-0.39, 0.29) is 17.3 Å². The number of carbonyl (C=O) groups is 1. The first-order chi connectivity index (χ1) is 16.5. The Hall–Kier alpha value is -3.84. The number of hydrogen-bond acceptors (Lipinski definition) is 7. The van der Waals surface area contributed by atoms with Crippen LogP contribution in [0.1, 0.15) is 27.2 Å². The minimum absolute atomic E-state index is 0.153. The highest BCUT2D eigenvalue weighted by Gasteiger charge is 2.34. The van der Waals surface area contributed by atoms with E-state index in [2.05, 4.69) is 26.9 Å². The molecule has 2 aromatic carbocycles. The van der Waals surface area contributed by atoms with Crippen LogP contribution in [0.25, 0.3) is 6.08 Å². The number of pyridine rings is 1. The lowest BCUT2D eigenvalue weighted by molar-refractivity contribution is 0.101. The molecule has 0 amide bonds. The van der Waals surface area contributed by atoms with Crippen molar-refractivity contribution in [2.75, 3.05) is 38.2 Å². The van der Waals surface area contributed by atoms with Crippen LogP contribution in [-0.4, -0.2) is 54.1 Å². The van der Waals surface area contributed by atoms with Crippen molar-refractivity contribution in [2.24, 2.45) is 0 Å². The Morgan fingerprint density at radius 2 is 1.88 bits per heavy atom. The Balaban J connectivity index is 1.33. The normalized spacial score (nSPS) is 17.1. The van der Waals surface area contributed by atoms with Gasteiger partial charge >= 0.3 is 0 Å². The summed E-state index contributed by atoms with van der Waals surface area (Å²) in [6.45, 7) is 5.73. The Morgan fingerprint density at radius 3 is 2.56 bits per heavy atom. The van der Waals surface area contributed by atoms with E-state index in [9.17, 15) is 9.90 Å². The Kier molecular flexibility index (Phi) is 5.94. The first-order valence-corrected chi connectivity index (χ1v) is 11.4. The van der Waals surface area contributed by atoms with Gasteiger partial charge in [-0.05, 0) is 55.0 Å². The number of fused-ring (bicyclic) bond motifs is 1. The van der Waals surface area contributed by atoms with Crippen molar-refractivity contribution in [3.63, 3.8) is 0 Å². The number of aromatic nitrogens is 1. The highest BCUT2D eigenvalue weighted by molar-refractivity contribution is 6.15. The van der Waals surface area contributed by atoms with Crippen molar-refractivity contribution in [3.8, 4) is 17.2 Å². The summed E-state index contributed by atoms with van der Waals surface area (Å²) in [5, 5.41) is 10.8. The molecule has 1 aromatic heterocycles. The number of anilines is 1. The lowest BCUT2D eigenvalue weighted by Crippen LogP contribution is -2.46. The monoisotopic (exact) mass is 457 g/mol. The third-order valence-corrected chi connectivity index (χ3v) is 6.38. The van der Waals surface area contributed by atoms with Crippen molar-refractivity contribution in [1.29, 1.82) is 0 Å².